The second kappa shape index (κ2) is 2.58. The lowest BCUT2D eigenvalue weighted by Crippen LogP contribution is -1.92. The summed E-state index contributed by atoms with van der Waals surface area (Å²) in [6.45, 7) is 0. The van der Waals surface area contributed by atoms with Gasteiger partial charge in [0, 0.05) is 0 Å². The maximum atomic E-state index is 12.9. The van der Waals surface area contributed by atoms with Crippen molar-refractivity contribution >= 4 is 5.83 Å². The molecule has 67 valence electrons. The summed E-state index contributed by atoms with van der Waals surface area (Å²) in [5.74, 6) is -5.04. The summed E-state index contributed by atoms with van der Waals surface area (Å²) in [6.07, 6.45) is 0.827. The molecule has 0 aliphatic heterocycles. The SMILES string of the molecule is FC1=C(F)c2c(ccc(F)c2F)[CH]1. The highest BCUT2D eigenvalue weighted by molar-refractivity contribution is 5.74. The number of halogens is 4. The van der Waals surface area contributed by atoms with Gasteiger partial charge in [0.1, 0.15) is 5.83 Å². The molecule has 0 aromatic heterocycles. The molecule has 1 aromatic rings. The van der Waals surface area contributed by atoms with E-state index in [1.165, 1.54) is 0 Å². The summed E-state index contributed by atoms with van der Waals surface area (Å²) >= 11 is 0. The predicted molar refractivity (Wildman–Crippen MR) is 38.9 cm³/mol. The average molecular weight is 187 g/mol. The predicted octanol–water partition coefficient (Wildman–Crippen LogP) is 3.14. The van der Waals surface area contributed by atoms with E-state index in [1.807, 2.05) is 0 Å². The third kappa shape index (κ3) is 1.05. The Morgan fingerprint density at radius 2 is 1.62 bits per heavy atom. The van der Waals surface area contributed by atoms with Gasteiger partial charge in [0.2, 0.25) is 0 Å². The van der Waals surface area contributed by atoms with Crippen molar-refractivity contribution in [3.05, 3.63) is 47.1 Å². The third-order valence-electron chi connectivity index (χ3n) is 1.84. The van der Waals surface area contributed by atoms with Crippen LogP contribution < -0.4 is 0 Å². The van der Waals surface area contributed by atoms with Crippen molar-refractivity contribution in [1.29, 1.82) is 0 Å². The van der Waals surface area contributed by atoms with Crippen LogP contribution in [0.25, 0.3) is 5.83 Å². The van der Waals surface area contributed by atoms with Gasteiger partial charge < -0.3 is 0 Å². The molecule has 0 saturated carbocycles. The van der Waals surface area contributed by atoms with Crippen molar-refractivity contribution in [1.82, 2.24) is 0 Å². The van der Waals surface area contributed by atoms with Crippen molar-refractivity contribution in [3.63, 3.8) is 0 Å². The van der Waals surface area contributed by atoms with Crippen molar-refractivity contribution in [2.24, 2.45) is 0 Å². The first-order chi connectivity index (χ1) is 6.11. The normalized spacial score (nSPS) is 15.1. The molecule has 0 atom stereocenters. The summed E-state index contributed by atoms with van der Waals surface area (Å²) in [4.78, 5) is 0. The van der Waals surface area contributed by atoms with E-state index in [-0.39, 0.29) is 5.56 Å². The summed E-state index contributed by atoms with van der Waals surface area (Å²) in [6, 6.07) is 1.95. The molecule has 0 N–H and O–H groups in total. The van der Waals surface area contributed by atoms with Crippen LogP contribution in [0, 0.1) is 18.1 Å². The molecule has 1 radical (unpaired) electrons. The molecule has 0 saturated heterocycles. The van der Waals surface area contributed by atoms with E-state index in [2.05, 4.69) is 0 Å². The molecular weight excluding hydrogens is 184 g/mol. The Bertz CT molecular complexity index is 406. The largest absolute Gasteiger partial charge is 0.208 e. The summed E-state index contributed by atoms with van der Waals surface area (Å²) in [5, 5.41) is 0. The minimum absolute atomic E-state index is 0.0221. The average Bonchev–Trinajstić information content (AvgIpc) is 2.37. The van der Waals surface area contributed by atoms with Gasteiger partial charge in [-0.1, -0.05) is 6.07 Å². The minimum atomic E-state index is -1.35. The van der Waals surface area contributed by atoms with Crippen LogP contribution in [0.2, 0.25) is 0 Å². The minimum Gasteiger partial charge on any atom is -0.208 e. The Labute approximate surface area is 71.5 Å². The van der Waals surface area contributed by atoms with Gasteiger partial charge in [-0.15, -0.1) is 0 Å². The van der Waals surface area contributed by atoms with Gasteiger partial charge in [-0.2, -0.15) is 0 Å². The Kier molecular flexibility index (Phi) is 1.65. The van der Waals surface area contributed by atoms with E-state index in [0.29, 0.717) is 0 Å². The van der Waals surface area contributed by atoms with Gasteiger partial charge >= 0.3 is 0 Å². The number of allylic oxidation sites excluding steroid dienone is 1. The lowest BCUT2D eigenvalue weighted by Gasteiger charge is -2.00. The van der Waals surface area contributed by atoms with Gasteiger partial charge in [-0.3, -0.25) is 0 Å². The Hall–Kier alpha value is -1.32. The highest BCUT2D eigenvalue weighted by atomic mass is 19.2. The molecule has 0 amide bonds. The molecule has 1 aliphatic carbocycles. The van der Waals surface area contributed by atoms with Gasteiger partial charge in [0.15, 0.2) is 17.5 Å². The third-order valence-corrected chi connectivity index (χ3v) is 1.84. The Balaban J connectivity index is 2.71. The second-order valence-electron chi connectivity index (χ2n) is 2.63. The molecule has 0 nitrogen and oxygen atoms in total. The fourth-order valence-corrected chi connectivity index (χ4v) is 1.23. The van der Waals surface area contributed by atoms with Crippen LogP contribution in [0.4, 0.5) is 17.6 Å². The fourth-order valence-electron chi connectivity index (χ4n) is 1.23. The first-order valence-electron chi connectivity index (χ1n) is 3.49. The molecule has 2 rings (SSSR count). The first-order valence-corrected chi connectivity index (χ1v) is 3.49. The molecule has 1 aromatic carbocycles. The zero-order valence-electron chi connectivity index (χ0n) is 6.24. The Morgan fingerprint density at radius 1 is 0.923 bits per heavy atom. The molecule has 0 heterocycles. The quantitative estimate of drug-likeness (QED) is 0.547. The first kappa shape index (κ1) is 8.29. The Morgan fingerprint density at radius 3 is 2.31 bits per heavy atom. The molecule has 13 heavy (non-hydrogen) atoms. The van der Waals surface area contributed by atoms with Gasteiger partial charge in [-0.05, 0) is 11.6 Å². The number of fused-ring (bicyclic) bond motifs is 1. The van der Waals surface area contributed by atoms with Crippen LogP contribution >= 0.6 is 0 Å². The van der Waals surface area contributed by atoms with Crippen LogP contribution in [0.3, 0.4) is 0 Å². The number of hydrogen-bond donors (Lipinski definition) is 0. The van der Waals surface area contributed by atoms with E-state index in [4.69, 9.17) is 0 Å². The maximum absolute atomic E-state index is 12.9. The van der Waals surface area contributed by atoms with E-state index >= 15 is 0 Å². The molecule has 0 unspecified atom stereocenters. The lowest BCUT2D eigenvalue weighted by atomic mass is 10.1. The topological polar surface area (TPSA) is 0 Å². The summed E-state index contributed by atoms with van der Waals surface area (Å²) in [5.41, 5.74) is -0.605. The molecular formula is C9H3F4. The maximum Gasteiger partial charge on any atom is 0.169 e. The van der Waals surface area contributed by atoms with Gasteiger partial charge in [-0.25, -0.2) is 17.6 Å². The fraction of sp³-hybridized carbons (Fsp3) is 0. The summed E-state index contributed by atoms with van der Waals surface area (Å²) < 4.78 is 50.9. The molecule has 4 heteroatoms. The standard InChI is InChI=1S/C9H3F4/c10-5-2-1-4-3-6(11)9(13)7(4)8(5)12/h1-3H. The number of benzene rings is 1. The van der Waals surface area contributed by atoms with Gasteiger partial charge in [0.25, 0.3) is 0 Å². The zero-order valence-corrected chi connectivity index (χ0v) is 6.24. The van der Waals surface area contributed by atoms with Crippen LogP contribution in [0.5, 0.6) is 0 Å². The van der Waals surface area contributed by atoms with Crippen LogP contribution in [-0.2, 0) is 0 Å². The van der Waals surface area contributed by atoms with Crippen molar-refractivity contribution < 1.29 is 17.6 Å². The smallest absolute Gasteiger partial charge is 0.169 e. The number of hydrogen-bond acceptors (Lipinski definition) is 0. The monoisotopic (exact) mass is 187 g/mol. The van der Waals surface area contributed by atoms with E-state index < -0.39 is 28.9 Å². The van der Waals surface area contributed by atoms with Crippen LogP contribution in [0.15, 0.2) is 18.0 Å². The molecule has 0 bridgehead atoms. The van der Waals surface area contributed by atoms with E-state index in [9.17, 15) is 17.6 Å². The van der Waals surface area contributed by atoms with Gasteiger partial charge in [0.05, 0.1) is 12.0 Å². The zero-order chi connectivity index (χ0) is 9.59. The molecule has 0 fully saturated rings. The highest BCUT2D eigenvalue weighted by Gasteiger charge is 2.27. The van der Waals surface area contributed by atoms with Crippen LogP contribution in [-0.4, -0.2) is 0 Å². The second-order valence-corrected chi connectivity index (χ2v) is 2.63. The van der Waals surface area contributed by atoms with Crippen molar-refractivity contribution in [2.75, 3.05) is 0 Å². The van der Waals surface area contributed by atoms with Crippen LogP contribution in [0.1, 0.15) is 11.1 Å². The molecule has 0 spiro atoms. The summed E-state index contributed by atoms with van der Waals surface area (Å²) in [7, 11) is 0. The van der Waals surface area contributed by atoms with E-state index in [1.54, 1.807) is 0 Å². The van der Waals surface area contributed by atoms with Crippen molar-refractivity contribution in [2.45, 2.75) is 0 Å². The van der Waals surface area contributed by atoms with Crippen molar-refractivity contribution in [3.8, 4) is 0 Å². The lowest BCUT2D eigenvalue weighted by molar-refractivity contribution is 0.502. The highest BCUT2D eigenvalue weighted by Crippen LogP contribution is 2.37. The number of rotatable bonds is 0. The van der Waals surface area contributed by atoms with E-state index in [0.717, 1.165) is 18.6 Å². The molecule has 1 aliphatic rings.